The molecule has 0 heterocycles. The molecule has 1 aromatic rings. The molecule has 1 fully saturated rings. The van der Waals surface area contributed by atoms with Crippen LogP contribution in [0, 0.1) is 16.7 Å². The van der Waals surface area contributed by atoms with Crippen LogP contribution < -0.4 is 0 Å². The van der Waals surface area contributed by atoms with Crippen LogP contribution in [0.1, 0.15) is 37.2 Å². The van der Waals surface area contributed by atoms with Crippen LogP contribution in [0.5, 0.6) is 0 Å². The van der Waals surface area contributed by atoms with Crippen LogP contribution in [0.4, 0.5) is 0 Å². The third-order valence-corrected chi connectivity index (χ3v) is 3.86. The minimum atomic E-state index is -1.01. The summed E-state index contributed by atoms with van der Waals surface area (Å²) < 4.78 is 4.87. The van der Waals surface area contributed by atoms with Crippen molar-refractivity contribution in [1.82, 2.24) is 0 Å². The summed E-state index contributed by atoms with van der Waals surface area (Å²) in [6.45, 7) is 0. The summed E-state index contributed by atoms with van der Waals surface area (Å²) in [5.41, 5.74) is 0.0538. The number of nitriles is 1. The zero-order valence-electron chi connectivity index (χ0n) is 10.6. The van der Waals surface area contributed by atoms with Gasteiger partial charge in [0.1, 0.15) is 0 Å². The quantitative estimate of drug-likeness (QED) is 0.750. The molecule has 0 saturated heterocycles. The Labute approximate surface area is 107 Å². The molecule has 0 radical (unpaired) electrons. The molecular weight excluding hydrogens is 226 g/mol. The third kappa shape index (κ3) is 1.99. The summed E-state index contributed by atoms with van der Waals surface area (Å²) in [5.74, 6) is -0.441. The first-order chi connectivity index (χ1) is 8.74. The lowest BCUT2D eigenvalue weighted by Gasteiger charge is -2.36. The van der Waals surface area contributed by atoms with E-state index in [4.69, 9.17) is 4.74 Å². The molecule has 0 amide bonds. The lowest BCUT2D eigenvalue weighted by atomic mass is 9.64. The molecule has 1 aliphatic carbocycles. The summed E-state index contributed by atoms with van der Waals surface area (Å²) >= 11 is 0. The zero-order chi connectivity index (χ0) is 13.0. The van der Waals surface area contributed by atoms with Gasteiger partial charge in [0, 0.05) is 5.92 Å². The largest absolute Gasteiger partial charge is 0.468 e. The van der Waals surface area contributed by atoms with Crippen molar-refractivity contribution in [3.63, 3.8) is 0 Å². The van der Waals surface area contributed by atoms with Crippen LogP contribution in [0.2, 0.25) is 0 Å². The van der Waals surface area contributed by atoms with Crippen molar-refractivity contribution in [2.75, 3.05) is 7.11 Å². The van der Waals surface area contributed by atoms with Crippen molar-refractivity contribution in [3.05, 3.63) is 35.9 Å². The van der Waals surface area contributed by atoms with Crippen molar-refractivity contribution in [1.29, 1.82) is 5.26 Å². The van der Waals surface area contributed by atoms with E-state index in [0.29, 0.717) is 6.42 Å². The summed E-state index contributed by atoms with van der Waals surface area (Å²) in [6, 6.07) is 12.1. The second-order valence-electron chi connectivity index (χ2n) is 4.78. The molecule has 1 aromatic carbocycles. The number of carbonyl (C=O) groups is 1. The maximum absolute atomic E-state index is 12.1. The van der Waals surface area contributed by atoms with E-state index < -0.39 is 11.4 Å². The number of esters is 1. The smallest absolute Gasteiger partial charge is 0.326 e. The lowest BCUT2D eigenvalue weighted by molar-refractivity contribution is -0.152. The minimum absolute atomic E-state index is 0.0510. The number of methoxy groups -OCH3 is 1. The molecule has 2 atom stereocenters. The van der Waals surface area contributed by atoms with Crippen LogP contribution in [-0.2, 0) is 9.53 Å². The Morgan fingerprint density at radius 3 is 2.72 bits per heavy atom. The van der Waals surface area contributed by atoms with E-state index in [1.165, 1.54) is 7.11 Å². The van der Waals surface area contributed by atoms with E-state index in [-0.39, 0.29) is 5.92 Å². The van der Waals surface area contributed by atoms with Crippen molar-refractivity contribution >= 4 is 5.97 Å². The van der Waals surface area contributed by atoms with Gasteiger partial charge in [0.2, 0.25) is 0 Å². The monoisotopic (exact) mass is 243 g/mol. The van der Waals surface area contributed by atoms with Gasteiger partial charge in [0.25, 0.3) is 0 Å². The number of nitrogens with zero attached hydrogens (tertiary/aromatic N) is 1. The fourth-order valence-electron chi connectivity index (χ4n) is 2.92. The highest BCUT2D eigenvalue weighted by Gasteiger charge is 2.49. The minimum Gasteiger partial charge on any atom is -0.468 e. The maximum atomic E-state index is 12.1. The van der Waals surface area contributed by atoms with Gasteiger partial charge in [-0.1, -0.05) is 43.2 Å². The highest BCUT2D eigenvalue weighted by molar-refractivity contribution is 5.81. The van der Waals surface area contributed by atoms with Crippen LogP contribution in [-0.4, -0.2) is 13.1 Å². The normalized spacial score (nSPS) is 27.2. The first-order valence-electron chi connectivity index (χ1n) is 6.29. The summed E-state index contributed by atoms with van der Waals surface area (Å²) in [4.78, 5) is 12.1. The van der Waals surface area contributed by atoms with Gasteiger partial charge in [-0.2, -0.15) is 5.26 Å². The topological polar surface area (TPSA) is 50.1 Å². The average molecular weight is 243 g/mol. The second kappa shape index (κ2) is 5.22. The van der Waals surface area contributed by atoms with E-state index in [1.807, 2.05) is 30.3 Å². The Bertz CT molecular complexity index is 463. The van der Waals surface area contributed by atoms with Gasteiger partial charge in [-0.3, -0.25) is 4.79 Å². The zero-order valence-corrected chi connectivity index (χ0v) is 10.6. The SMILES string of the molecule is COC(=O)[C@]1(C#N)CCCC[C@H]1c1ccccc1. The Morgan fingerprint density at radius 1 is 1.39 bits per heavy atom. The first-order valence-corrected chi connectivity index (χ1v) is 6.29. The molecular formula is C15H17NO2. The molecule has 1 aliphatic rings. The van der Waals surface area contributed by atoms with Crippen LogP contribution in [0.25, 0.3) is 0 Å². The molecule has 0 bridgehead atoms. The van der Waals surface area contributed by atoms with Crippen molar-refractivity contribution < 1.29 is 9.53 Å². The predicted octanol–water partition coefficient (Wildman–Crippen LogP) is 3.03. The van der Waals surface area contributed by atoms with E-state index in [1.54, 1.807) is 0 Å². The van der Waals surface area contributed by atoms with Crippen molar-refractivity contribution in [3.8, 4) is 6.07 Å². The van der Waals surface area contributed by atoms with Crippen molar-refractivity contribution in [2.24, 2.45) is 5.41 Å². The molecule has 2 rings (SSSR count). The second-order valence-corrected chi connectivity index (χ2v) is 4.78. The van der Waals surface area contributed by atoms with Crippen LogP contribution in [0.15, 0.2) is 30.3 Å². The fraction of sp³-hybridized carbons (Fsp3) is 0.467. The molecule has 0 spiro atoms. The van der Waals surface area contributed by atoms with E-state index in [2.05, 4.69) is 6.07 Å². The summed E-state index contributed by atoms with van der Waals surface area (Å²) in [7, 11) is 1.36. The fourth-order valence-corrected chi connectivity index (χ4v) is 2.92. The van der Waals surface area contributed by atoms with Gasteiger partial charge in [-0.05, 0) is 18.4 Å². The Hall–Kier alpha value is -1.82. The molecule has 3 nitrogen and oxygen atoms in total. The number of benzene rings is 1. The Balaban J connectivity index is 2.43. The van der Waals surface area contributed by atoms with Gasteiger partial charge < -0.3 is 4.74 Å². The van der Waals surface area contributed by atoms with Gasteiger partial charge in [0.15, 0.2) is 5.41 Å². The Morgan fingerprint density at radius 2 is 2.11 bits per heavy atom. The van der Waals surface area contributed by atoms with E-state index >= 15 is 0 Å². The first kappa shape index (κ1) is 12.6. The number of ether oxygens (including phenoxy) is 1. The molecule has 0 unspecified atom stereocenters. The number of rotatable bonds is 2. The predicted molar refractivity (Wildman–Crippen MR) is 67.7 cm³/mol. The van der Waals surface area contributed by atoms with Crippen LogP contribution in [0.3, 0.4) is 0 Å². The van der Waals surface area contributed by atoms with Crippen LogP contribution >= 0.6 is 0 Å². The van der Waals surface area contributed by atoms with Gasteiger partial charge >= 0.3 is 5.97 Å². The molecule has 0 N–H and O–H groups in total. The molecule has 94 valence electrons. The number of hydrogen-bond acceptors (Lipinski definition) is 3. The molecule has 0 aliphatic heterocycles. The molecule has 0 aromatic heterocycles. The summed E-state index contributed by atoms with van der Waals surface area (Å²) in [5, 5.41) is 9.52. The molecule has 3 heteroatoms. The third-order valence-electron chi connectivity index (χ3n) is 3.86. The highest BCUT2D eigenvalue weighted by Crippen LogP contribution is 2.47. The van der Waals surface area contributed by atoms with Crippen molar-refractivity contribution in [2.45, 2.75) is 31.6 Å². The number of hydrogen-bond donors (Lipinski definition) is 0. The van der Waals surface area contributed by atoms with Gasteiger partial charge in [0.05, 0.1) is 13.2 Å². The highest BCUT2D eigenvalue weighted by atomic mass is 16.5. The van der Waals surface area contributed by atoms with E-state index in [0.717, 1.165) is 24.8 Å². The molecule has 1 saturated carbocycles. The Kier molecular flexibility index (Phi) is 3.66. The number of carbonyl (C=O) groups excluding carboxylic acids is 1. The van der Waals surface area contributed by atoms with Gasteiger partial charge in [-0.25, -0.2) is 0 Å². The van der Waals surface area contributed by atoms with Gasteiger partial charge in [-0.15, -0.1) is 0 Å². The van der Waals surface area contributed by atoms with E-state index in [9.17, 15) is 10.1 Å². The lowest BCUT2D eigenvalue weighted by Crippen LogP contribution is -2.39. The molecule has 18 heavy (non-hydrogen) atoms. The average Bonchev–Trinajstić information content (AvgIpc) is 2.47. The standard InChI is InChI=1S/C15H17NO2/c1-18-14(17)15(11-16)10-6-5-9-13(15)12-7-3-2-4-8-12/h2-4,7-8,13H,5-6,9-10H2,1H3/t13-,15-/m0/s1. The maximum Gasteiger partial charge on any atom is 0.326 e. The summed E-state index contributed by atoms with van der Waals surface area (Å²) in [6.07, 6.45) is 3.42.